The van der Waals surface area contributed by atoms with E-state index in [1.165, 1.54) is 5.56 Å². The Kier molecular flexibility index (Phi) is 4.90. The number of piperidine rings is 1. The number of hydrogen-bond donors (Lipinski definition) is 1. The van der Waals surface area contributed by atoms with Crippen molar-refractivity contribution in [3.05, 3.63) is 41.0 Å². The fourth-order valence-electron chi connectivity index (χ4n) is 4.72. The number of nitrogens with one attached hydrogen (secondary N) is 1. The van der Waals surface area contributed by atoms with Gasteiger partial charge >= 0.3 is 0 Å². The molecule has 29 heavy (non-hydrogen) atoms. The number of para-hydroxylation sites is 2. The summed E-state index contributed by atoms with van der Waals surface area (Å²) >= 11 is 0. The van der Waals surface area contributed by atoms with E-state index in [1.807, 2.05) is 18.2 Å². The third-order valence-corrected chi connectivity index (χ3v) is 6.28. The molecule has 5 rings (SSSR count). The molecule has 148 valence electrons. The van der Waals surface area contributed by atoms with Gasteiger partial charge in [0.25, 0.3) is 0 Å². The quantitative estimate of drug-likeness (QED) is 0.726. The molecule has 2 aliphatic rings. The molecular formula is C23H26N6. The van der Waals surface area contributed by atoms with Crippen LogP contribution in [-0.2, 0) is 0 Å². The number of fused-ring (bicyclic) bond motifs is 3. The number of imidazole rings is 1. The van der Waals surface area contributed by atoms with Crippen LogP contribution in [-0.4, -0.2) is 35.6 Å². The molecule has 2 aliphatic heterocycles. The van der Waals surface area contributed by atoms with E-state index in [2.05, 4.69) is 39.7 Å². The van der Waals surface area contributed by atoms with E-state index in [1.54, 1.807) is 0 Å². The zero-order valence-electron chi connectivity index (χ0n) is 15.9. The van der Waals surface area contributed by atoms with Gasteiger partial charge in [0.1, 0.15) is 11.9 Å². The summed E-state index contributed by atoms with van der Waals surface area (Å²) in [5, 5.41) is 22.6. The normalized spacial score (nSPS) is 17.6. The van der Waals surface area contributed by atoms with Gasteiger partial charge in [0.2, 0.25) is 0 Å². The van der Waals surface area contributed by atoms with Crippen molar-refractivity contribution in [2.75, 3.05) is 31.1 Å². The van der Waals surface area contributed by atoms with Crippen molar-refractivity contribution >= 4 is 22.5 Å². The minimum atomic E-state index is 0. The maximum atomic E-state index is 10.0. The van der Waals surface area contributed by atoms with Gasteiger partial charge in [-0.15, -0.1) is 0 Å². The summed E-state index contributed by atoms with van der Waals surface area (Å²) in [4.78, 5) is 7.25. The van der Waals surface area contributed by atoms with Gasteiger partial charge in [-0.05, 0) is 43.0 Å². The Morgan fingerprint density at radius 1 is 1.14 bits per heavy atom. The molecular weight excluding hydrogens is 360 g/mol. The van der Waals surface area contributed by atoms with Crippen LogP contribution in [0.2, 0.25) is 0 Å². The summed E-state index contributed by atoms with van der Waals surface area (Å²) in [5.74, 6) is 1.64. The number of benzene rings is 1. The first-order valence-corrected chi connectivity index (χ1v) is 9.92. The molecule has 2 fully saturated rings. The zero-order chi connectivity index (χ0) is 19.3. The lowest BCUT2D eigenvalue weighted by Gasteiger charge is -2.36. The highest BCUT2D eigenvalue weighted by atomic mass is 15.2. The van der Waals surface area contributed by atoms with Gasteiger partial charge in [0.05, 0.1) is 22.7 Å². The number of aromatic nitrogens is 2. The highest BCUT2D eigenvalue weighted by Crippen LogP contribution is 2.38. The molecule has 0 bridgehead atoms. The summed E-state index contributed by atoms with van der Waals surface area (Å²) < 4.78 is 2.17. The van der Waals surface area contributed by atoms with E-state index in [0.29, 0.717) is 11.5 Å². The molecule has 2 saturated heterocycles. The monoisotopic (exact) mass is 386 g/mol. The number of rotatable bonds is 2. The van der Waals surface area contributed by atoms with Gasteiger partial charge in [-0.3, -0.25) is 4.40 Å². The van der Waals surface area contributed by atoms with Gasteiger partial charge in [0.15, 0.2) is 5.65 Å². The lowest BCUT2D eigenvalue weighted by molar-refractivity contribution is 0.445. The van der Waals surface area contributed by atoms with Gasteiger partial charge in [-0.1, -0.05) is 19.6 Å². The Bertz CT molecular complexity index is 1150. The maximum absolute atomic E-state index is 10.0. The number of nitrogens with zero attached hydrogens (tertiary/aromatic N) is 5. The first-order valence-electron chi connectivity index (χ1n) is 9.92. The Balaban J connectivity index is 0.00000205. The van der Waals surface area contributed by atoms with Crippen LogP contribution in [0, 0.1) is 35.5 Å². The van der Waals surface area contributed by atoms with Crippen LogP contribution < -0.4 is 10.2 Å². The Hall–Kier alpha value is -3.09. The molecule has 0 atom stereocenters. The standard InChI is InChI=1S/C22H22N6.CH4/c1-14-20(16-12-25-13-16)17(11-24)21-26-18-4-2-3-5-19(18)28(21)22(14)27-8-6-15(10-23)7-9-27;/h2-5,15-16,25H,6-9,12-13H2,1H3;1H4. The number of hydrogen-bond acceptors (Lipinski definition) is 5. The zero-order valence-corrected chi connectivity index (χ0v) is 15.9. The first-order chi connectivity index (χ1) is 13.7. The van der Waals surface area contributed by atoms with Gasteiger partial charge in [0, 0.05) is 38.0 Å². The number of pyridine rings is 1. The molecule has 0 aliphatic carbocycles. The highest BCUT2D eigenvalue weighted by molar-refractivity contribution is 5.86. The van der Waals surface area contributed by atoms with Crippen LogP contribution in [0.4, 0.5) is 5.82 Å². The van der Waals surface area contributed by atoms with E-state index in [0.717, 1.165) is 67.1 Å². The van der Waals surface area contributed by atoms with Crippen molar-refractivity contribution < 1.29 is 0 Å². The fourth-order valence-corrected chi connectivity index (χ4v) is 4.72. The second-order valence-corrected chi connectivity index (χ2v) is 7.85. The van der Waals surface area contributed by atoms with Gasteiger partial charge in [-0.2, -0.15) is 10.5 Å². The molecule has 3 aromatic rings. The van der Waals surface area contributed by atoms with Crippen molar-refractivity contribution in [1.29, 1.82) is 10.5 Å². The molecule has 6 nitrogen and oxygen atoms in total. The summed E-state index contributed by atoms with van der Waals surface area (Å²) in [6, 6.07) is 13.0. The topological polar surface area (TPSA) is 80.2 Å². The van der Waals surface area contributed by atoms with E-state index < -0.39 is 0 Å². The Morgan fingerprint density at radius 3 is 2.48 bits per heavy atom. The highest BCUT2D eigenvalue weighted by Gasteiger charge is 2.31. The predicted octanol–water partition coefficient (Wildman–Crippen LogP) is 3.73. The maximum Gasteiger partial charge on any atom is 0.157 e. The van der Waals surface area contributed by atoms with E-state index in [9.17, 15) is 10.5 Å². The van der Waals surface area contributed by atoms with Crippen LogP contribution in [0.1, 0.15) is 42.9 Å². The van der Waals surface area contributed by atoms with Crippen LogP contribution in [0.15, 0.2) is 24.3 Å². The van der Waals surface area contributed by atoms with E-state index in [-0.39, 0.29) is 13.3 Å². The summed E-state index contributed by atoms with van der Waals surface area (Å²) in [6.45, 7) is 5.67. The lowest BCUT2D eigenvalue weighted by atomic mass is 9.87. The minimum Gasteiger partial charge on any atom is -0.357 e. The molecule has 2 aromatic heterocycles. The van der Waals surface area contributed by atoms with Crippen molar-refractivity contribution in [2.24, 2.45) is 5.92 Å². The third kappa shape index (κ3) is 2.84. The van der Waals surface area contributed by atoms with Crippen molar-refractivity contribution in [1.82, 2.24) is 14.7 Å². The summed E-state index contributed by atoms with van der Waals surface area (Å²) in [5.41, 5.74) is 5.73. The third-order valence-electron chi connectivity index (χ3n) is 6.28. The molecule has 6 heteroatoms. The Morgan fingerprint density at radius 2 is 1.86 bits per heavy atom. The Labute approximate surface area is 171 Å². The van der Waals surface area contributed by atoms with Crippen LogP contribution in [0.5, 0.6) is 0 Å². The number of nitriles is 2. The molecule has 0 unspecified atom stereocenters. The molecule has 4 heterocycles. The van der Waals surface area contributed by atoms with Crippen LogP contribution >= 0.6 is 0 Å². The fraction of sp³-hybridized carbons (Fsp3) is 0.435. The van der Waals surface area contributed by atoms with Crippen molar-refractivity contribution in [3.8, 4) is 12.1 Å². The largest absolute Gasteiger partial charge is 0.357 e. The predicted molar refractivity (Wildman–Crippen MR) is 115 cm³/mol. The van der Waals surface area contributed by atoms with Gasteiger partial charge in [-0.25, -0.2) is 4.98 Å². The second-order valence-electron chi connectivity index (χ2n) is 7.85. The first kappa shape index (κ1) is 19.2. The average molecular weight is 387 g/mol. The molecule has 1 N–H and O–H groups in total. The van der Waals surface area contributed by atoms with Gasteiger partial charge < -0.3 is 10.2 Å². The van der Waals surface area contributed by atoms with Crippen LogP contribution in [0.25, 0.3) is 16.7 Å². The minimum absolute atomic E-state index is 0. The lowest BCUT2D eigenvalue weighted by Crippen LogP contribution is -2.41. The SMILES string of the molecule is C.Cc1c(C2CNC2)c(C#N)c2nc3ccccc3n2c1N1CCC(C#N)CC1. The summed E-state index contributed by atoms with van der Waals surface area (Å²) in [6.07, 6.45) is 1.76. The number of anilines is 1. The molecule has 0 radical (unpaired) electrons. The smallest absolute Gasteiger partial charge is 0.157 e. The second kappa shape index (κ2) is 7.39. The molecule has 1 aromatic carbocycles. The van der Waals surface area contributed by atoms with E-state index in [4.69, 9.17) is 4.98 Å². The van der Waals surface area contributed by atoms with E-state index >= 15 is 0 Å². The van der Waals surface area contributed by atoms with Crippen molar-refractivity contribution in [3.63, 3.8) is 0 Å². The molecule has 0 amide bonds. The van der Waals surface area contributed by atoms with Crippen LogP contribution in [0.3, 0.4) is 0 Å². The summed E-state index contributed by atoms with van der Waals surface area (Å²) in [7, 11) is 0. The van der Waals surface area contributed by atoms with Crippen molar-refractivity contribution in [2.45, 2.75) is 33.1 Å². The molecule has 0 spiro atoms. The molecule has 0 saturated carbocycles. The average Bonchev–Trinajstić information content (AvgIpc) is 3.06.